The third-order valence-electron chi connectivity index (χ3n) is 3.85. The van der Waals surface area contributed by atoms with Crippen LogP contribution < -0.4 is 11.3 Å². The number of hydrogen-bond acceptors (Lipinski definition) is 6. The number of fused-ring (bicyclic) bond motifs is 1. The molecule has 0 aliphatic rings. The van der Waals surface area contributed by atoms with Gasteiger partial charge >= 0.3 is 0 Å². The number of carbonyl (C=O) groups is 1. The van der Waals surface area contributed by atoms with E-state index in [0.717, 1.165) is 11.1 Å². The lowest BCUT2D eigenvalue weighted by Crippen LogP contribution is -2.30. The first-order valence-corrected chi connectivity index (χ1v) is 7.52. The largest absolute Gasteiger partial charge is 0.445 e. The molecule has 1 amide bonds. The van der Waals surface area contributed by atoms with Gasteiger partial charge in [0.15, 0.2) is 0 Å². The van der Waals surface area contributed by atoms with Crippen molar-refractivity contribution in [1.82, 2.24) is 20.4 Å². The Bertz CT molecular complexity index is 1050. The molecule has 4 aromatic rings. The summed E-state index contributed by atoms with van der Waals surface area (Å²) in [5, 5.41) is 0.644. The predicted molar refractivity (Wildman–Crippen MR) is 99.4 cm³/mol. The fraction of sp³-hybridized carbons (Fsp3) is 0. The van der Waals surface area contributed by atoms with Crippen molar-refractivity contribution in [2.45, 2.75) is 0 Å². The average molecular weight is 368 g/mol. The molecule has 0 saturated heterocycles. The number of hydrazine groups is 1. The summed E-state index contributed by atoms with van der Waals surface area (Å²) in [6.07, 6.45) is 6.36. The van der Waals surface area contributed by atoms with Crippen LogP contribution in [0.5, 0.6) is 0 Å². The number of benzene rings is 1. The molecule has 0 saturated carbocycles. The Morgan fingerprint density at radius 3 is 2.54 bits per heavy atom. The lowest BCUT2D eigenvalue weighted by molar-refractivity contribution is 0.0955. The summed E-state index contributed by atoms with van der Waals surface area (Å²) >= 11 is 0. The summed E-state index contributed by atoms with van der Waals surface area (Å²) in [6, 6.07) is 11.0. The summed E-state index contributed by atoms with van der Waals surface area (Å²) in [5.41, 5.74) is 5.64. The van der Waals surface area contributed by atoms with Gasteiger partial charge in [0, 0.05) is 28.9 Å². The second kappa shape index (κ2) is 7.30. The van der Waals surface area contributed by atoms with Crippen LogP contribution in [0, 0.1) is 0 Å². The Labute approximate surface area is 154 Å². The van der Waals surface area contributed by atoms with Crippen molar-refractivity contribution < 1.29 is 9.21 Å². The maximum atomic E-state index is 12.1. The SMILES string of the molecule is Cl.NNC(=O)c1cc(-c2ccc(-c3ncco3)cc2)nc2ccncc12. The van der Waals surface area contributed by atoms with Gasteiger partial charge in [0.25, 0.3) is 5.91 Å². The maximum Gasteiger partial charge on any atom is 0.265 e. The fourth-order valence-electron chi connectivity index (χ4n) is 2.63. The molecule has 7 nitrogen and oxygen atoms in total. The summed E-state index contributed by atoms with van der Waals surface area (Å²) in [4.78, 5) is 24.9. The van der Waals surface area contributed by atoms with E-state index >= 15 is 0 Å². The number of oxazole rings is 1. The van der Waals surface area contributed by atoms with Gasteiger partial charge in [-0.05, 0) is 24.3 Å². The van der Waals surface area contributed by atoms with Crippen LogP contribution >= 0.6 is 12.4 Å². The molecule has 0 atom stereocenters. The van der Waals surface area contributed by atoms with E-state index in [1.807, 2.05) is 24.3 Å². The molecule has 0 spiro atoms. The minimum absolute atomic E-state index is 0. The number of pyridine rings is 2. The number of rotatable bonds is 3. The van der Waals surface area contributed by atoms with Crippen LogP contribution in [-0.2, 0) is 0 Å². The van der Waals surface area contributed by atoms with Gasteiger partial charge in [-0.1, -0.05) is 12.1 Å². The van der Waals surface area contributed by atoms with Crippen molar-refractivity contribution >= 4 is 29.2 Å². The maximum absolute atomic E-state index is 12.1. The summed E-state index contributed by atoms with van der Waals surface area (Å²) in [7, 11) is 0. The first kappa shape index (κ1) is 17.5. The highest BCUT2D eigenvalue weighted by atomic mass is 35.5. The van der Waals surface area contributed by atoms with E-state index in [1.165, 1.54) is 6.26 Å². The van der Waals surface area contributed by atoms with Gasteiger partial charge in [0.1, 0.15) is 6.26 Å². The van der Waals surface area contributed by atoms with Gasteiger partial charge < -0.3 is 4.42 Å². The molecule has 8 heteroatoms. The van der Waals surface area contributed by atoms with Gasteiger partial charge in [-0.25, -0.2) is 15.8 Å². The normalized spacial score (nSPS) is 10.3. The van der Waals surface area contributed by atoms with Crippen LogP contribution in [0.1, 0.15) is 10.4 Å². The predicted octanol–water partition coefficient (Wildman–Crippen LogP) is 2.98. The van der Waals surface area contributed by atoms with Crippen molar-refractivity contribution in [1.29, 1.82) is 0 Å². The molecule has 0 bridgehead atoms. The fourth-order valence-corrected chi connectivity index (χ4v) is 2.63. The topological polar surface area (TPSA) is 107 Å². The summed E-state index contributed by atoms with van der Waals surface area (Å²) in [5.74, 6) is 5.46. The van der Waals surface area contributed by atoms with Gasteiger partial charge in [-0.15, -0.1) is 12.4 Å². The highest BCUT2D eigenvalue weighted by molar-refractivity contribution is 6.06. The molecule has 0 unspecified atom stereocenters. The minimum Gasteiger partial charge on any atom is -0.445 e. The Kier molecular flexibility index (Phi) is 4.92. The van der Waals surface area contributed by atoms with Crippen LogP contribution in [0.4, 0.5) is 0 Å². The van der Waals surface area contributed by atoms with E-state index in [0.29, 0.717) is 28.1 Å². The molecular weight excluding hydrogens is 354 g/mol. The molecule has 0 aliphatic heterocycles. The van der Waals surface area contributed by atoms with E-state index < -0.39 is 5.91 Å². The zero-order valence-corrected chi connectivity index (χ0v) is 14.2. The molecule has 0 radical (unpaired) electrons. The molecule has 3 N–H and O–H groups in total. The van der Waals surface area contributed by atoms with E-state index in [-0.39, 0.29) is 12.4 Å². The van der Waals surface area contributed by atoms with E-state index in [4.69, 9.17) is 10.3 Å². The molecule has 0 aliphatic carbocycles. The number of nitrogens with one attached hydrogen (secondary N) is 1. The quantitative estimate of drug-likeness (QED) is 0.327. The zero-order chi connectivity index (χ0) is 17.2. The van der Waals surface area contributed by atoms with Crippen LogP contribution in [-0.4, -0.2) is 20.9 Å². The van der Waals surface area contributed by atoms with E-state index in [2.05, 4.69) is 20.4 Å². The van der Waals surface area contributed by atoms with Crippen molar-refractivity contribution in [2.75, 3.05) is 0 Å². The second-order valence-corrected chi connectivity index (χ2v) is 5.34. The summed E-state index contributed by atoms with van der Waals surface area (Å²) < 4.78 is 5.29. The first-order valence-electron chi connectivity index (χ1n) is 7.52. The number of carbonyl (C=O) groups excluding carboxylic acids is 1. The van der Waals surface area contributed by atoms with Crippen molar-refractivity contribution in [2.24, 2.45) is 5.84 Å². The number of nitrogens with two attached hydrogens (primary N) is 1. The van der Waals surface area contributed by atoms with Crippen LogP contribution in [0.25, 0.3) is 33.6 Å². The van der Waals surface area contributed by atoms with E-state index in [1.54, 1.807) is 30.7 Å². The van der Waals surface area contributed by atoms with Crippen LogP contribution in [0.15, 0.2) is 65.7 Å². The van der Waals surface area contributed by atoms with Crippen molar-refractivity contribution in [3.8, 4) is 22.7 Å². The van der Waals surface area contributed by atoms with E-state index in [9.17, 15) is 4.79 Å². The minimum atomic E-state index is -0.391. The molecular formula is C18H14ClN5O2. The number of hydrogen-bond donors (Lipinski definition) is 2. The van der Waals surface area contributed by atoms with Gasteiger partial charge in [-0.3, -0.25) is 15.2 Å². The Hall–Kier alpha value is -3.29. The van der Waals surface area contributed by atoms with Gasteiger partial charge in [0.05, 0.1) is 23.0 Å². The molecule has 130 valence electrons. The Morgan fingerprint density at radius 2 is 1.85 bits per heavy atom. The molecule has 4 rings (SSSR count). The number of nitrogens with zero attached hydrogens (tertiary/aromatic N) is 3. The monoisotopic (exact) mass is 367 g/mol. The number of aromatic nitrogens is 3. The van der Waals surface area contributed by atoms with Crippen molar-refractivity contribution in [3.05, 3.63) is 66.8 Å². The highest BCUT2D eigenvalue weighted by Gasteiger charge is 2.13. The lowest BCUT2D eigenvalue weighted by Gasteiger charge is -2.09. The molecule has 0 fully saturated rings. The second-order valence-electron chi connectivity index (χ2n) is 5.34. The third-order valence-corrected chi connectivity index (χ3v) is 3.85. The molecule has 3 heterocycles. The number of halogens is 1. The average Bonchev–Trinajstić information content (AvgIpc) is 3.21. The summed E-state index contributed by atoms with van der Waals surface area (Å²) in [6.45, 7) is 0. The molecule has 3 aromatic heterocycles. The third kappa shape index (κ3) is 3.13. The highest BCUT2D eigenvalue weighted by Crippen LogP contribution is 2.26. The van der Waals surface area contributed by atoms with Gasteiger partial charge in [-0.2, -0.15) is 0 Å². The van der Waals surface area contributed by atoms with Crippen molar-refractivity contribution in [3.63, 3.8) is 0 Å². The van der Waals surface area contributed by atoms with Gasteiger partial charge in [0.2, 0.25) is 5.89 Å². The standard InChI is InChI=1S/C18H13N5O2.ClH/c19-23-17(24)13-9-16(22-15-5-6-20-10-14(13)15)11-1-3-12(4-2-11)18-21-7-8-25-18;/h1-10H,19H2,(H,23,24);1H. The molecule has 26 heavy (non-hydrogen) atoms. The van der Waals surface area contributed by atoms with Crippen LogP contribution in [0.2, 0.25) is 0 Å². The number of nitrogen functional groups attached to an aromatic ring is 1. The Balaban J connectivity index is 0.00000196. The molecule has 1 aromatic carbocycles. The number of amides is 1. The van der Waals surface area contributed by atoms with Crippen LogP contribution in [0.3, 0.4) is 0 Å². The Morgan fingerprint density at radius 1 is 1.08 bits per heavy atom. The zero-order valence-electron chi connectivity index (χ0n) is 13.4. The lowest BCUT2D eigenvalue weighted by atomic mass is 10.0. The first-order chi connectivity index (χ1) is 12.3. The smallest absolute Gasteiger partial charge is 0.265 e.